The van der Waals surface area contributed by atoms with Gasteiger partial charge in [0.15, 0.2) is 0 Å². The molecule has 0 bridgehead atoms. The number of aromatic hydroxyl groups is 3. The van der Waals surface area contributed by atoms with Crippen LogP contribution in [-0.4, -0.2) is 15.3 Å². The Balaban J connectivity index is 2.24. The van der Waals surface area contributed by atoms with E-state index in [9.17, 15) is 15.3 Å². The molecule has 0 amide bonds. The molecule has 30 heavy (non-hydrogen) atoms. The van der Waals surface area contributed by atoms with E-state index in [1.54, 1.807) is 6.07 Å². The number of phenolic OH excluding ortho intramolecular Hbond substituents is 3. The van der Waals surface area contributed by atoms with Gasteiger partial charge in [0.25, 0.3) is 0 Å². The van der Waals surface area contributed by atoms with Crippen LogP contribution in [0.5, 0.6) is 17.2 Å². The van der Waals surface area contributed by atoms with Gasteiger partial charge in [-0.1, -0.05) is 52.0 Å². The summed E-state index contributed by atoms with van der Waals surface area (Å²) in [7, 11) is 0. The quantitative estimate of drug-likeness (QED) is 0.315. The van der Waals surface area contributed by atoms with E-state index in [0.29, 0.717) is 11.1 Å². The second kappa shape index (κ2) is 7.24. The first kappa shape index (κ1) is 20.1. The predicted octanol–water partition coefficient (Wildman–Crippen LogP) is 7.33. The van der Waals surface area contributed by atoms with Crippen LogP contribution in [0.2, 0.25) is 0 Å². The van der Waals surface area contributed by atoms with Crippen molar-refractivity contribution in [1.82, 2.24) is 0 Å². The first-order valence-electron chi connectivity index (χ1n) is 10.4. The largest absolute Gasteiger partial charge is 0.508 e. The highest BCUT2D eigenvalue weighted by atomic mass is 16.3. The summed E-state index contributed by atoms with van der Waals surface area (Å²) in [5.74, 6) is 0.992. The molecule has 0 unspecified atom stereocenters. The Hall–Kier alpha value is -3.20. The van der Waals surface area contributed by atoms with Gasteiger partial charge >= 0.3 is 0 Å². The molecule has 4 aromatic carbocycles. The minimum atomic E-state index is 0.142. The van der Waals surface area contributed by atoms with E-state index in [-0.39, 0.29) is 23.3 Å². The molecule has 0 atom stereocenters. The first-order valence-corrected chi connectivity index (χ1v) is 10.4. The Morgan fingerprint density at radius 3 is 1.83 bits per heavy atom. The van der Waals surface area contributed by atoms with Gasteiger partial charge in [-0.25, -0.2) is 0 Å². The Morgan fingerprint density at radius 1 is 0.633 bits per heavy atom. The SMILES string of the molecule is Cc1cc(O)c(C(C)C)cc1-c1c2ccccc2c(O)c2cc(O)c(C(C)C)cc12. The number of hydrogen-bond donors (Lipinski definition) is 3. The van der Waals surface area contributed by atoms with Crippen LogP contribution in [-0.2, 0) is 0 Å². The average molecular weight is 401 g/mol. The number of rotatable bonds is 3. The van der Waals surface area contributed by atoms with Crippen molar-refractivity contribution in [2.75, 3.05) is 0 Å². The van der Waals surface area contributed by atoms with Crippen molar-refractivity contribution in [3.63, 3.8) is 0 Å². The molecule has 154 valence electrons. The number of phenols is 3. The van der Waals surface area contributed by atoms with E-state index in [1.807, 2.05) is 57.2 Å². The fraction of sp³-hybridized carbons (Fsp3) is 0.259. The minimum absolute atomic E-state index is 0.142. The number of benzene rings is 4. The molecule has 0 aliphatic carbocycles. The summed E-state index contributed by atoms with van der Waals surface area (Å²) in [6.45, 7) is 10.2. The third-order valence-electron chi connectivity index (χ3n) is 6.03. The monoisotopic (exact) mass is 400 g/mol. The van der Waals surface area contributed by atoms with Crippen LogP contribution in [0.15, 0.2) is 48.5 Å². The van der Waals surface area contributed by atoms with Crippen molar-refractivity contribution in [2.24, 2.45) is 0 Å². The van der Waals surface area contributed by atoms with Crippen LogP contribution in [0.1, 0.15) is 56.2 Å². The highest BCUT2D eigenvalue weighted by Crippen LogP contribution is 2.47. The van der Waals surface area contributed by atoms with Gasteiger partial charge in [-0.15, -0.1) is 0 Å². The predicted molar refractivity (Wildman–Crippen MR) is 125 cm³/mol. The van der Waals surface area contributed by atoms with Crippen molar-refractivity contribution in [3.8, 4) is 28.4 Å². The number of hydrogen-bond acceptors (Lipinski definition) is 3. The summed E-state index contributed by atoms with van der Waals surface area (Å²) in [4.78, 5) is 0. The molecule has 0 spiro atoms. The lowest BCUT2D eigenvalue weighted by atomic mass is 9.85. The summed E-state index contributed by atoms with van der Waals surface area (Å²) in [6.07, 6.45) is 0. The van der Waals surface area contributed by atoms with E-state index in [4.69, 9.17) is 0 Å². The second-order valence-corrected chi connectivity index (χ2v) is 8.76. The summed E-state index contributed by atoms with van der Waals surface area (Å²) in [6, 6.07) is 15.4. The molecule has 0 heterocycles. The molecule has 0 saturated carbocycles. The van der Waals surface area contributed by atoms with Crippen LogP contribution >= 0.6 is 0 Å². The van der Waals surface area contributed by atoms with Crippen molar-refractivity contribution in [2.45, 2.75) is 46.5 Å². The van der Waals surface area contributed by atoms with Crippen molar-refractivity contribution in [3.05, 3.63) is 65.2 Å². The summed E-state index contributed by atoms with van der Waals surface area (Å²) in [5, 5.41) is 35.3. The summed E-state index contributed by atoms with van der Waals surface area (Å²) >= 11 is 0. The van der Waals surface area contributed by atoms with Gasteiger partial charge in [0.2, 0.25) is 0 Å². The molecule has 0 radical (unpaired) electrons. The zero-order valence-corrected chi connectivity index (χ0v) is 18.1. The van der Waals surface area contributed by atoms with Crippen LogP contribution in [0.25, 0.3) is 32.7 Å². The molecule has 0 fully saturated rings. The highest BCUT2D eigenvalue weighted by Gasteiger charge is 2.20. The Labute approximate surface area is 177 Å². The summed E-state index contributed by atoms with van der Waals surface area (Å²) in [5.41, 5.74) is 4.74. The smallest absolute Gasteiger partial charge is 0.131 e. The third kappa shape index (κ3) is 3.06. The van der Waals surface area contributed by atoms with Crippen LogP contribution in [0.3, 0.4) is 0 Å². The number of fused-ring (bicyclic) bond motifs is 2. The standard InChI is InChI=1S/C27H28O3/c1-14(2)19-11-21(16(5)10-24(19)28)26-17-8-6-7-9-18(17)27(30)23-13-25(29)20(15(3)4)12-22(23)26/h6-15,28-30H,1-5H3. The van der Waals surface area contributed by atoms with Crippen LogP contribution < -0.4 is 0 Å². The van der Waals surface area contributed by atoms with Crippen LogP contribution in [0, 0.1) is 6.92 Å². The minimum Gasteiger partial charge on any atom is -0.508 e. The van der Waals surface area contributed by atoms with E-state index in [0.717, 1.165) is 44.0 Å². The van der Waals surface area contributed by atoms with Gasteiger partial charge in [0.1, 0.15) is 17.2 Å². The lowest BCUT2D eigenvalue weighted by molar-refractivity contribution is 0.464. The van der Waals surface area contributed by atoms with Gasteiger partial charge in [-0.3, -0.25) is 0 Å². The Kier molecular flexibility index (Phi) is 4.85. The van der Waals surface area contributed by atoms with E-state index in [2.05, 4.69) is 19.9 Å². The molecular formula is C27H28O3. The van der Waals surface area contributed by atoms with Crippen molar-refractivity contribution < 1.29 is 15.3 Å². The van der Waals surface area contributed by atoms with Crippen LogP contribution in [0.4, 0.5) is 0 Å². The van der Waals surface area contributed by atoms with Gasteiger partial charge in [0.05, 0.1) is 0 Å². The number of aryl methyl sites for hydroxylation is 1. The average Bonchev–Trinajstić information content (AvgIpc) is 2.69. The molecule has 0 aromatic heterocycles. The normalized spacial score (nSPS) is 11.8. The maximum absolute atomic E-state index is 11.0. The molecule has 0 saturated heterocycles. The molecule has 4 aromatic rings. The van der Waals surface area contributed by atoms with Gasteiger partial charge in [-0.2, -0.15) is 0 Å². The topological polar surface area (TPSA) is 60.7 Å². The lowest BCUT2D eigenvalue weighted by Gasteiger charge is -2.20. The fourth-order valence-corrected chi connectivity index (χ4v) is 4.40. The molecule has 3 N–H and O–H groups in total. The lowest BCUT2D eigenvalue weighted by Crippen LogP contribution is -1.96. The zero-order valence-electron chi connectivity index (χ0n) is 18.1. The molecule has 3 nitrogen and oxygen atoms in total. The molecule has 3 heteroatoms. The summed E-state index contributed by atoms with van der Waals surface area (Å²) < 4.78 is 0. The zero-order chi connectivity index (χ0) is 21.7. The molecule has 0 aliphatic heterocycles. The highest BCUT2D eigenvalue weighted by molar-refractivity contribution is 6.17. The molecule has 4 rings (SSSR count). The van der Waals surface area contributed by atoms with E-state index in [1.165, 1.54) is 0 Å². The van der Waals surface area contributed by atoms with Crippen molar-refractivity contribution >= 4 is 21.5 Å². The third-order valence-corrected chi connectivity index (χ3v) is 6.03. The van der Waals surface area contributed by atoms with Gasteiger partial charge in [0, 0.05) is 10.8 Å². The maximum Gasteiger partial charge on any atom is 0.131 e. The molecule has 0 aliphatic rings. The Bertz CT molecular complexity index is 1280. The maximum atomic E-state index is 11.0. The first-order chi connectivity index (χ1) is 14.2. The van der Waals surface area contributed by atoms with E-state index < -0.39 is 0 Å². The molecular weight excluding hydrogens is 372 g/mol. The Morgan fingerprint density at radius 2 is 1.20 bits per heavy atom. The fourth-order valence-electron chi connectivity index (χ4n) is 4.40. The second-order valence-electron chi connectivity index (χ2n) is 8.76. The van der Waals surface area contributed by atoms with E-state index >= 15 is 0 Å². The van der Waals surface area contributed by atoms with Crippen molar-refractivity contribution in [1.29, 1.82) is 0 Å². The van der Waals surface area contributed by atoms with Gasteiger partial charge < -0.3 is 15.3 Å². The van der Waals surface area contributed by atoms with Gasteiger partial charge in [-0.05, 0) is 81.6 Å².